The van der Waals surface area contributed by atoms with E-state index in [9.17, 15) is 9.59 Å². The third-order valence-electron chi connectivity index (χ3n) is 3.70. The van der Waals surface area contributed by atoms with Gasteiger partial charge in [0.05, 0.1) is 0 Å². The van der Waals surface area contributed by atoms with E-state index in [1.807, 2.05) is 48.5 Å². The molecule has 1 fully saturated rings. The van der Waals surface area contributed by atoms with Crippen LogP contribution in [0.4, 0.5) is 4.79 Å². The van der Waals surface area contributed by atoms with Crippen LogP contribution in [-0.4, -0.2) is 29.6 Å². The molecule has 2 amide bonds. The number of cyclic esters (lactones) is 1. The predicted octanol–water partition coefficient (Wildman–Crippen LogP) is 3.17. The molecule has 0 spiro atoms. The van der Waals surface area contributed by atoms with Crippen molar-refractivity contribution >= 4 is 12.0 Å². The summed E-state index contributed by atoms with van der Waals surface area (Å²) in [4.78, 5) is 25.8. The minimum atomic E-state index is -0.783. The summed E-state index contributed by atoms with van der Waals surface area (Å²) >= 11 is 0. The third kappa shape index (κ3) is 3.18. The highest BCUT2D eigenvalue weighted by Crippen LogP contribution is 2.28. The number of rotatable bonds is 4. The molecule has 0 bridgehead atoms. The lowest BCUT2D eigenvalue weighted by Gasteiger charge is -2.23. The molecule has 5 heteroatoms. The van der Waals surface area contributed by atoms with Gasteiger partial charge in [-0.25, -0.2) is 9.69 Å². The Bertz CT molecular complexity index is 687. The van der Waals surface area contributed by atoms with Crippen molar-refractivity contribution in [3.63, 3.8) is 0 Å². The molecule has 2 atom stereocenters. The van der Waals surface area contributed by atoms with Gasteiger partial charge in [-0.05, 0) is 24.6 Å². The Morgan fingerprint density at radius 1 is 1.13 bits per heavy atom. The highest BCUT2D eigenvalue weighted by atomic mass is 16.6. The zero-order chi connectivity index (χ0) is 16.2. The monoisotopic (exact) mass is 311 g/mol. The number of para-hydroxylation sites is 1. The molecule has 1 heterocycles. The van der Waals surface area contributed by atoms with Gasteiger partial charge in [-0.15, -0.1) is 0 Å². The molecule has 0 radical (unpaired) electrons. The summed E-state index contributed by atoms with van der Waals surface area (Å²) < 4.78 is 10.7. The fourth-order valence-corrected chi connectivity index (χ4v) is 2.54. The first-order chi connectivity index (χ1) is 11.2. The number of ether oxygens (including phenoxy) is 2. The van der Waals surface area contributed by atoms with E-state index in [1.165, 1.54) is 0 Å². The van der Waals surface area contributed by atoms with E-state index in [0.29, 0.717) is 5.75 Å². The molecule has 0 unspecified atom stereocenters. The maximum atomic E-state index is 12.6. The Morgan fingerprint density at radius 2 is 1.74 bits per heavy atom. The molecular formula is C18H17NO4. The number of carbonyl (C=O) groups is 2. The van der Waals surface area contributed by atoms with Gasteiger partial charge in [0.1, 0.15) is 18.4 Å². The van der Waals surface area contributed by atoms with Crippen LogP contribution in [-0.2, 0) is 9.53 Å². The average Bonchev–Trinajstić information content (AvgIpc) is 2.97. The number of imide groups is 1. The number of hydrogen-bond acceptors (Lipinski definition) is 4. The lowest BCUT2D eigenvalue weighted by Crippen LogP contribution is -2.42. The van der Waals surface area contributed by atoms with Crippen molar-refractivity contribution in [2.24, 2.45) is 0 Å². The lowest BCUT2D eigenvalue weighted by atomic mass is 10.1. The van der Waals surface area contributed by atoms with Crippen molar-refractivity contribution in [1.82, 2.24) is 4.90 Å². The van der Waals surface area contributed by atoms with E-state index in [0.717, 1.165) is 10.5 Å². The average molecular weight is 311 g/mol. The van der Waals surface area contributed by atoms with Gasteiger partial charge in [0.15, 0.2) is 6.10 Å². The first kappa shape index (κ1) is 15.1. The van der Waals surface area contributed by atoms with Crippen LogP contribution in [0, 0.1) is 0 Å². The molecule has 0 saturated carbocycles. The first-order valence-corrected chi connectivity index (χ1v) is 7.43. The summed E-state index contributed by atoms with van der Waals surface area (Å²) in [6, 6.07) is 18.0. The molecule has 0 N–H and O–H groups in total. The molecule has 1 saturated heterocycles. The van der Waals surface area contributed by atoms with E-state index in [4.69, 9.17) is 9.47 Å². The van der Waals surface area contributed by atoms with Crippen molar-refractivity contribution in [1.29, 1.82) is 0 Å². The standard InChI is InChI=1S/C18H17NO4/c1-13(23-15-10-6-3-7-11-15)17(20)19-16(12-22-18(19)21)14-8-4-2-5-9-14/h2-11,13,16H,12H2,1H3/t13-,16+/m0/s1. The van der Waals surface area contributed by atoms with Gasteiger partial charge < -0.3 is 9.47 Å². The summed E-state index contributed by atoms with van der Waals surface area (Å²) in [5.74, 6) is 0.169. The Morgan fingerprint density at radius 3 is 2.39 bits per heavy atom. The molecule has 5 nitrogen and oxygen atoms in total. The van der Waals surface area contributed by atoms with Crippen LogP contribution in [0.1, 0.15) is 18.5 Å². The van der Waals surface area contributed by atoms with Crippen molar-refractivity contribution in [2.75, 3.05) is 6.61 Å². The van der Waals surface area contributed by atoms with Crippen LogP contribution < -0.4 is 4.74 Å². The highest BCUT2D eigenvalue weighted by molar-refractivity contribution is 5.96. The number of carbonyl (C=O) groups excluding carboxylic acids is 2. The molecule has 2 aromatic carbocycles. The fourth-order valence-electron chi connectivity index (χ4n) is 2.54. The molecular weight excluding hydrogens is 294 g/mol. The second-order valence-electron chi connectivity index (χ2n) is 5.28. The van der Waals surface area contributed by atoms with Crippen LogP contribution in [0.15, 0.2) is 60.7 Å². The Kier molecular flexibility index (Phi) is 4.28. The topological polar surface area (TPSA) is 55.8 Å². The van der Waals surface area contributed by atoms with E-state index in [1.54, 1.807) is 19.1 Å². The Hall–Kier alpha value is -2.82. The zero-order valence-corrected chi connectivity index (χ0v) is 12.7. The summed E-state index contributed by atoms with van der Waals surface area (Å²) in [6.45, 7) is 1.79. The molecule has 0 aliphatic carbocycles. The second kappa shape index (κ2) is 6.52. The minimum Gasteiger partial charge on any atom is -0.481 e. The van der Waals surface area contributed by atoms with Crippen LogP contribution in [0.25, 0.3) is 0 Å². The van der Waals surface area contributed by atoms with Crippen LogP contribution in [0.2, 0.25) is 0 Å². The first-order valence-electron chi connectivity index (χ1n) is 7.43. The van der Waals surface area contributed by atoms with Gasteiger partial charge in [-0.2, -0.15) is 0 Å². The van der Waals surface area contributed by atoms with Crippen LogP contribution in [0.3, 0.4) is 0 Å². The van der Waals surface area contributed by atoms with Crippen LogP contribution in [0.5, 0.6) is 5.75 Å². The minimum absolute atomic E-state index is 0.159. The van der Waals surface area contributed by atoms with Gasteiger partial charge in [0, 0.05) is 0 Å². The maximum Gasteiger partial charge on any atom is 0.417 e. The summed E-state index contributed by atoms with van der Waals surface area (Å²) in [5.41, 5.74) is 0.860. The van der Waals surface area contributed by atoms with Gasteiger partial charge in [0.2, 0.25) is 0 Å². The number of benzene rings is 2. The van der Waals surface area contributed by atoms with Gasteiger partial charge in [-0.1, -0.05) is 48.5 Å². The van der Waals surface area contributed by atoms with Crippen molar-refractivity contribution < 1.29 is 19.1 Å². The van der Waals surface area contributed by atoms with Crippen molar-refractivity contribution in [2.45, 2.75) is 19.1 Å². The number of hydrogen-bond donors (Lipinski definition) is 0. The highest BCUT2D eigenvalue weighted by Gasteiger charge is 2.41. The molecule has 118 valence electrons. The molecule has 23 heavy (non-hydrogen) atoms. The Balaban J connectivity index is 1.77. The van der Waals surface area contributed by atoms with Gasteiger partial charge in [-0.3, -0.25) is 4.79 Å². The molecule has 3 rings (SSSR count). The van der Waals surface area contributed by atoms with Gasteiger partial charge in [0.25, 0.3) is 5.91 Å². The van der Waals surface area contributed by atoms with Crippen molar-refractivity contribution in [3.8, 4) is 5.75 Å². The largest absolute Gasteiger partial charge is 0.481 e. The fraction of sp³-hybridized carbons (Fsp3) is 0.222. The van der Waals surface area contributed by atoms with E-state index >= 15 is 0 Å². The SMILES string of the molecule is C[C@H](Oc1ccccc1)C(=O)N1C(=O)OC[C@@H]1c1ccccc1. The van der Waals surface area contributed by atoms with Crippen molar-refractivity contribution in [3.05, 3.63) is 66.2 Å². The van der Waals surface area contributed by atoms with Crippen LogP contribution >= 0.6 is 0 Å². The van der Waals surface area contributed by atoms with E-state index in [2.05, 4.69) is 0 Å². The quantitative estimate of drug-likeness (QED) is 0.870. The third-order valence-corrected chi connectivity index (χ3v) is 3.70. The smallest absolute Gasteiger partial charge is 0.417 e. The summed E-state index contributed by atoms with van der Waals surface area (Å²) in [6.07, 6.45) is -1.42. The summed E-state index contributed by atoms with van der Waals surface area (Å²) in [7, 11) is 0. The molecule has 2 aromatic rings. The lowest BCUT2D eigenvalue weighted by molar-refractivity contribution is -0.135. The summed E-state index contributed by atoms with van der Waals surface area (Å²) in [5, 5.41) is 0. The Labute approximate surface area is 134 Å². The maximum absolute atomic E-state index is 12.6. The molecule has 0 aromatic heterocycles. The second-order valence-corrected chi connectivity index (χ2v) is 5.28. The number of nitrogens with zero attached hydrogens (tertiary/aromatic N) is 1. The van der Waals surface area contributed by atoms with Gasteiger partial charge >= 0.3 is 6.09 Å². The molecule has 1 aliphatic heterocycles. The molecule has 1 aliphatic rings. The van der Waals surface area contributed by atoms with E-state index in [-0.39, 0.29) is 6.61 Å². The predicted molar refractivity (Wildman–Crippen MR) is 83.9 cm³/mol. The van der Waals surface area contributed by atoms with E-state index < -0.39 is 24.1 Å². The zero-order valence-electron chi connectivity index (χ0n) is 12.7. The number of amides is 2. The normalized spacial score (nSPS) is 18.4.